The van der Waals surface area contributed by atoms with E-state index in [1.165, 1.54) is 29.3 Å². The molecular weight excluding hydrogens is 330 g/mol. The van der Waals surface area contributed by atoms with Gasteiger partial charge in [0, 0.05) is 10.6 Å². The van der Waals surface area contributed by atoms with Gasteiger partial charge in [0.15, 0.2) is 0 Å². The van der Waals surface area contributed by atoms with Gasteiger partial charge in [-0.25, -0.2) is 0 Å². The predicted octanol–water partition coefficient (Wildman–Crippen LogP) is 4.93. The van der Waals surface area contributed by atoms with Crippen molar-refractivity contribution in [2.75, 3.05) is 11.1 Å². The van der Waals surface area contributed by atoms with E-state index in [2.05, 4.69) is 29.6 Å². The molecule has 0 bridgehead atoms. The Kier molecular flexibility index (Phi) is 4.74. The normalized spacial score (nSPS) is 10.7. The lowest BCUT2D eigenvalue weighted by Crippen LogP contribution is -2.13. The van der Waals surface area contributed by atoms with Crippen LogP contribution in [0.1, 0.15) is 0 Å². The number of carbonyl (C=O) groups is 1. The minimum absolute atomic E-state index is 0.00444. The van der Waals surface area contributed by atoms with Crippen LogP contribution in [-0.4, -0.2) is 16.8 Å². The molecule has 1 amide bonds. The van der Waals surface area contributed by atoms with Gasteiger partial charge in [-0.2, -0.15) is 0 Å². The monoisotopic (exact) mass is 343 g/mol. The quantitative estimate of drug-likeness (QED) is 0.521. The average molecular weight is 344 g/mol. The van der Waals surface area contributed by atoms with Crippen molar-refractivity contribution in [3.05, 3.63) is 65.7 Å². The topological polar surface area (TPSA) is 49.3 Å². The molecule has 0 aliphatic carbocycles. The number of phenols is 1. The number of rotatable bonds is 4. The van der Waals surface area contributed by atoms with Crippen molar-refractivity contribution in [3.63, 3.8) is 0 Å². The molecule has 0 saturated carbocycles. The summed E-state index contributed by atoms with van der Waals surface area (Å²) in [5.74, 6) is 0.178. The highest BCUT2D eigenvalue weighted by molar-refractivity contribution is 8.00. The lowest BCUT2D eigenvalue weighted by atomic mass is 10.1. The third kappa shape index (κ3) is 3.97. The summed E-state index contributed by atoms with van der Waals surface area (Å²) in [5.41, 5.74) is 0.567. The van der Waals surface area contributed by atoms with Crippen LogP contribution in [0, 0.1) is 0 Å². The first-order valence-corrected chi connectivity index (χ1v) is 8.38. The van der Waals surface area contributed by atoms with Crippen molar-refractivity contribution in [1.82, 2.24) is 0 Å². The average Bonchev–Trinajstić information content (AvgIpc) is 2.56. The number of hydrogen-bond acceptors (Lipinski definition) is 3. The Balaban J connectivity index is 1.62. The fourth-order valence-corrected chi connectivity index (χ4v) is 3.11. The van der Waals surface area contributed by atoms with E-state index in [1.54, 1.807) is 6.07 Å². The Hall–Kier alpha value is -2.17. The number of phenolic OH excluding ortho intramolecular Hbond substituents is 1. The third-order valence-electron chi connectivity index (χ3n) is 3.32. The summed E-state index contributed by atoms with van der Waals surface area (Å²) >= 11 is 7.29. The van der Waals surface area contributed by atoms with Crippen LogP contribution in [0.4, 0.5) is 5.69 Å². The Morgan fingerprint density at radius 1 is 1.04 bits per heavy atom. The number of carbonyl (C=O) groups excluding carboxylic acids is 1. The summed E-state index contributed by atoms with van der Waals surface area (Å²) in [6, 6.07) is 18.8. The van der Waals surface area contributed by atoms with Crippen LogP contribution in [0.25, 0.3) is 10.8 Å². The van der Waals surface area contributed by atoms with Crippen LogP contribution in [0.2, 0.25) is 5.02 Å². The molecule has 0 heterocycles. The number of amides is 1. The summed E-state index contributed by atoms with van der Waals surface area (Å²) < 4.78 is 0. The first-order chi connectivity index (χ1) is 11.1. The molecule has 0 atom stereocenters. The van der Waals surface area contributed by atoms with Crippen LogP contribution in [-0.2, 0) is 4.79 Å². The Labute approximate surface area is 143 Å². The molecule has 3 rings (SSSR count). The van der Waals surface area contributed by atoms with E-state index in [0.29, 0.717) is 11.4 Å². The molecule has 2 N–H and O–H groups in total. The van der Waals surface area contributed by atoms with Gasteiger partial charge in [-0.3, -0.25) is 4.79 Å². The van der Waals surface area contributed by atoms with E-state index in [9.17, 15) is 9.90 Å². The van der Waals surface area contributed by atoms with Crippen LogP contribution >= 0.6 is 23.4 Å². The van der Waals surface area contributed by atoms with E-state index >= 15 is 0 Å². The Bertz CT molecular complexity index is 867. The summed E-state index contributed by atoms with van der Waals surface area (Å²) in [6.45, 7) is 0. The minimum atomic E-state index is -0.120. The smallest absolute Gasteiger partial charge is 0.234 e. The molecule has 5 heteroatoms. The maximum absolute atomic E-state index is 12.0. The van der Waals surface area contributed by atoms with Gasteiger partial charge in [0.2, 0.25) is 5.91 Å². The lowest BCUT2D eigenvalue weighted by Gasteiger charge is -2.07. The van der Waals surface area contributed by atoms with Gasteiger partial charge in [0.25, 0.3) is 0 Å². The zero-order chi connectivity index (χ0) is 16.2. The van der Waals surface area contributed by atoms with Crippen LogP contribution in [0.3, 0.4) is 0 Å². The molecule has 0 saturated heterocycles. The molecular formula is C18H14ClNO2S. The molecule has 0 radical (unpaired) electrons. The van der Waals surface area contributed by atoms with Crippen molar-refractivity contribution in [2.24, 2.45) is 0 Å². The maximum atomic E-state index is 12.0. The second-order valence-corrected chi connectivity index (χ2v) is 6.47. The standard InChI is InChI=1S/C18H14ClNO2S/c19-16-10-14(6-8-17(16)21)20-18(22)11-23-15-7-5-12-3-1-2-4-13(12)9-15/h1-10,21H,11H2,(H,20,22). The molecule has 23 heavy (non-hydrogen) atoms. The number of fused-ring (bicyclic) bond motifs is 1. The van der Waals surface area contributed by atoms with E-state index in [1.807, 2.05) is 18.2 Å². The SMILES string of the molecule is O=C(CSc1ccc2ccccc2c1)Nc1ccc(O)c(Cl)c1. The van der Waals surface area contributed by atoms with Gasteiger partial charge >= 0.3 is 0 Å². The molecule has 3 aromatic rings. The fraction of sp³-hybridized carbons (Fsp3) is 0.0556. The lowest BCUT2D eigenvalue weighted by molar-refractivity contribution is -0.113. The fourth-order valence-electron chi connectivity index (χ4n) is 2.19. The molecule has 0 fully saturated rings. The highest BCUT2D eigenvalue weighted by Gasteiger charge is 2.06. The maximum Gasteiger partial charge on any atom is 0.234 e. The van der Waals surface area contributed by atoms with E-state index in [4.69, 9.17) is 11.6 Å². The van der Waals surface area contributed by atoms with Crippen LogP contribution in [0.15, 0.2) is 65.6 Å². The van der Waals surface area contributed by atoms with Gasteiger partial charge in [-0.15, -0.1) is 11.8 Å². The minimum Gasteiger partial charge on any atom is -0.506 e. The number of aromatic hydroxyl groups is 1. The van der Waals surface area contributed by atoms with Gasteiger partial charge in [0.1, 0.15) is 5.75 Å². The molecule has 3 nitrogen and oxygen atoms in total. The number of nitrogens with one attached hydrogen (secondary N) is 1. The molecule has 3 aromatic carbocycles. The third-order valence-corrected chi connectivity index (χ3v) is 4.62. The molecule has 0 spiro atoms. The number of halogens is 1. The van der Waals surface area contributed by atoms with Crippen molar-refractivity contribution in [2.45, 2.75) is 4.90 Å². The molecule has 0 aromatic heterocycles. The largest absolute Gasteiger partial charge is 0.506 e. The van der Waals surface area contributed by atoms with E-state index < -0.39 is 0 Å². The summed E-state index contributed by atoms with van der Waals surface area (Å²) in [5, 5.41) is 14.7. The predicted molar refractivity (Wildman–Crippen MR) is 96.4 cm³/mol. The summed E-state index contributed by atoms with van der Waals surface area (Å²) in [4.78, 5) is 13.1. The molecule has 0 aliphatic heterocycles. The van der Waals surface area contributed by atoms with Crippen LogP contribution < -0.4 is 5.32 Å². The first-order valence-electron chi connectivity index (χ1n) is 7.02. The second-order valence-electron chi connectivity index (χ2n) is 5.01. The van der Waals surface area contributed by atoms with Crippen molar-refractivity contribution in [3.8, 4) is 5.75 Å². The molecule has 0 unspecified atom stereocenters. The molecule has 116 valence electrons. The summed E-state index contributed by atoms with van der Waals surface area (Å²) in [7, 11) is 0. The first kappa shape index (κ1) is 15.7. The van der Waals surface area contributed by atoms with Crippen molar-refractivity contribution >= 4 is 45.7 Å². The number of anilines is 1. The molecule has 0 aliphatic rings. The number of hydrogen-bond donors (Lipinski definition) is 2. The summed E-state index contributed by atoms with van der Waals surface area (Å²) in [6.07, 6.45) is 0. The van der Waals surface area contributed by atoms with Gasteiger partial charge in [0.05, 0.1) is 10.8 Å². The highest BCUT2D eigenvalue weighted by Crippen LogP contribution is 2.27. The van der Waals surface area contributed by atoms with Crippen molar-refractivity contribution in [1.29, 1.82) is 0 Å². The van der Waals surface area contributed by atoms with Gasteiger partial charge < -0.3 is 10.4 Å². The van der Waals surface area contributed by atoms with Crippen LogP contribution in [0.5, 0.6) is 5.75 Å². The Morgan fingerprint density at radius 3 is 2.61 bits per heavy atom. The van der Waals surface area contributed by atoms with E-state index in [0.717, 1.165) is 10.3 Å². The Morgan fingerprint density at radius 2 is 1.83 bits per heavy atom. The zero-order valence-corrected chi connectivity index (χ0v) is 13.7. The van der Waals surface area contributed by atoms with Gasteiger partial charge in [-0.1, -0.05) is 41.9 Å². The van der Waals surface area contributed by atoms with Gasteiger partial charge in [-0.05, 0) is 41.1 Å². The van der Waals surface area contributed by atoms with Crippen molar-refractivity contribution < 1.29 is 9.90 Å². The second kappa shape index (κ2) is 6.94. The zero-order valence-electron chi connectivity index (χ0n) is 12.1. The van der Waals surface area contributed by atoms with E-state index in [-0.39, 0.29) is 16.7 Å². The highest BCUT2D eigenvalue weighted by atomic mass is 35.5. The number of thioether (sulfide) groups is 1. The number of benzene rings is 3.